The molecule has 364 valence electrons. The SMILES string of the molecule is Cc1ncsc1-c1ccc(C(C)(C)NC(=O)[C@@H]2C[C@@H](O)CN2C(=O)[C@](C)(c2cc(N3CCC(c4cnc(N5CCC(c6c[nH]c7nnc(-c8ccccc8O)cc67)CC5)nc4)CC3)no2)C(C)C)cc1. The molecule has 3 saturated heterocycles. The van der Waals surface area contributed by atoms with Gasteiger partial charge >= 0.3 is 0 Å². The molecule has 7 aromatic rings. The number of hydrogen-bond donors (Lipinski definition) is 4. The van der Waals surface area contributed by atoms with Gasteiger partial charge in [-0.25, -0.2) is 15.0 Å². The van der Waals surface area contributed by atoms with E-state index < -0.39 is 23.1 Å². The number of aryl methyl sites for hydroxylation is 1. The number of anilines is 2. The van der Waals surface area contributed by atoms with Crippen LogP contribution in [0.15, 0.2) is 89.3 Å². The van der Waals surface area contributed by atoms with Crippen molar-refractivity contribution < 1.29 is 24.3 Å². The van der Waals surface area contributed by atoms with Crippen molar-refractivity contribution in [2.45, 2.75) is 109 Å². The molecule has 17 heteroatoms. The molecule has 0 saturated carbocycles. The molecule has 10 rings (SSSR count). The van der Waals surface area contributed by atoms with Crippen molar-refractivity contribution >= 4 is 46.0 Å². The number of β-amino-alcohol motifs (C(OH)–C–C–N with tert-alkyl or cyclic N) is 1. The second-order valence-electron chi connectivity index (χ2n) is 20.3. The van der Waals surface area contributed by atoms with Gasteiger partial charge in [-0.05, 0) is 112 Å². The molecule has 0 radical (unpaired) electrons. The highest BCUT2D eigenvalue weighted by Crippen LogP contribution is 2.41. The number of hydrogen-bond acceptors (Lipinski definition) is 14. The molecule has 0 unspecified atom stereocenters. The van der Waals surface area contributed by atoms with Gasteiger partial charge in [0, 0.05) is 74.8 Å². The number of rotatable bonds is 12. The summed E-state index contributed by atoms with van der Waals surface area (Å²) < 4.78 is 6.04. The topological polar surface area (TPSA) is 203 Å². The van der Waals surface area contributed by atoms with Crippen LogP contribution in [-0.4, -0.2) is 107 Å². The Balaban J connectivity index is 0.745. The lowest BCUT2D eigenvalue weighted by Gasteiger charge is -2.37. The summed E-state index contributed by atoms with van der Waals surface area (Å²) in [7, 11) is 0. The van der Waals surface area contributed by atoms with Gasteiger partial charge in [-0.3, -0.25) is 9.59 Å². The Bertz CT molecular complexity index is 2990. The molecule has 3 aliphatic rings. The maximum Gasteiger partial charge on any atom is 0.243 e. The van der Waals surface area contributed by atoms with Crippen LogP contribution < -0.4 is 15.1 Å². The summed E-state index contributed by atoms with van der Waals surface area (Å²) in [5.41, 5.74) is 7.29. The van der Waals surface area contributed by atoms with Gasteiger partial charge in [-0.2, -0.15) is 0 Å². The number of benzene rings is 2. The van der Waals surface area contributed by atoms with Gasteiger partial charge in [0.15, 0.2) is 17.2 Å². The number of aliphatic hydroxyl groups is 1. The lowest BCUT2D eigenvalue weighted by atomic mass is 9.75. The number of aromatic nitrogens is 7. The van der Waals surface area contributed by atoms with Crippen molar-refractivity contribution in [1.29, 1.82) is 0 Å². The highest BCUT2D eigenvalue weighted by Gasteiger charge is 2.50. The van der Waals surface area contributed by atoms with Gasteiger partial charge in [0.1, 0.15) is 17.2 Å². The normalized spacial score (nSPS) is 19.3. The molecule has 3 fully saturated rings. The Morgan fingerprint density at radius 3 is 2.29 bits per heavy atom. The van der Waals surface area contributed by atoms with E-state index in [0.717, 1.165) is 96.1 Å². The number of piperidine rings is 2. The van der Waals surface area contributed by atoms with E-state index in [1.165, 1.54) is 10.5 Å². The Labute approximate surface area is 411 Å². The first kappa shape index (κ1) is 47.0. The third-order valence-corrected chi connectivity index (χ3v) is 16.3. The number of nitrogens with zero attached hydrogens (tertiary/aromatic N) is 9. The Morgan fingerprint density at radius 2 is 1.60 bits per heavy atom. The first-order chi connectivity index (χ1) is 33.7. The smallest absolute Gasteiger partial charge is 0.243 e. The average Bonchev–Trinajstić information content (AvgIpc) is 4.21. The quantitative estimate of drug-likeness (QED) is 0.0913. The van der Waals surface area contributed by atoms with Crippen LogP contribution in [0.5, 0.6) is 5.75 Å². The standard InChI is InChI=1S/C53H61N11O5S/c1-31(2)53(6,50(68)64-29-38(65)23-43(64)49(67)58-52(4,5)37-13-11-35(12-14-37)47-32(3)57-30-70-47)45-25-46(61-69-45)62-19-15-33(16-20-62)36-26-55-51(56-27-36)63-21-17-34(18-22-63)41-28-54-48-40(41)24-42(59-60-48)39-9-7-8-10-44(39)66/h7-14,24-28,30-31,33-34,38,43,65-66H,15-23,29H2,1-6H3,(H,54,60)(H,58,67)/t38-,43+,53+/m1/s1. The fourth-order valence-corrected chi connectivity index (χ4v) is 11.4. The number of phenolic OH excluding ortho intramolecular Hbond substituents is 1. The summed E-state index contributed by atoms with van der Waals surface area (Å²) in [6.45, 7) is 14.9. The van der Waals surface area contributed by atoms with Crippen LogP contribution in [-0.2, 0) is 20.5 Å². The molecule has 0 bridgehead atoms. The van der Waals surface area contributed by atoms with E-state index in [0.29, 0.717) is 34.7 Å². The first-order valence-corrected chi connectivity index (χ1v) is 25.3. The predicted molar refractivity (Wildman–Crippen MR) is 270 cm³/mol. The fraction of sp³-hybridized carbons (Fsp3) is 0.434. The maximum atomic E-state index is 14.8. The molecule has 2 amide bonds. The van der Waals surface area contributed by atoms with Crippen molar-refractivity contribution in [3.8, 4) is 27.4 Å². The van der Waals surface area contributed by atoms with Crippen molar-refractivity contribution in [2.24, 2.45) is 5.92 Å². The van der Waals surface area contributed by atoms with Crippen LogP contribution in [0, 0.1) is 12.8 Å². The van der Waals surface area contributed by atoms with Crippen LogP contribution in [0.4, 0.5) is 11.8 Å². The van der Waals surface area contributed by atoms with E-state index in [9.17, 15) is 19.8 Å². The molecule has 2 aromatic carbocycles. The second-order valence-corrected chi connectivity index (χ2v) is 21.2. The van der Waals surface area contributed by atoms with E-state index in [4.69, 9.17) is 14.5 Å². The minimum absolute atomic E-state index is 0.0484. The number of likely N-dealkylation sites (tertiary alicyclic amines) is 1. The van der Waals surface area contributed by atoms with Gasteiger partial charge < -0.3 is 39.7 Å². The lowest BCUT2D eigenvalue weighted by molar-refractivity contribution is -0.145. The molecule has 3 atom stereocenters. The highest BCUT2D eigenvalue weighted by molar-refractivity contribution is 7.13. The Hall–Kier alpha value is -6.72. The van der Waals surface area contributed by atoms with E-state index in [2.05, 4.69) is 40.4 Å². The maximum absolute atomic E-state index is 14.8. The van der Waals surface area contributed by atoms with E-state index >= 15 is 0 Å². The van der Waals surface area contributed by atoms with Gasteiger partial charge in [-0.15, -0.1) is 21.5 Å². The molecule has 0 aliphatic carbocycles. The highest BCUT2D eigenvalue weighted by atomic mass is 32.1. The van der Waals surface area contributed by atoms with Crippen molar-refractivity contribution in [3.05, 3.63) is 113 Å². The Kier molecular flexibility index (Phi) is 12.7. The van der Waals surface area contributed by atoms with Crippen LogP contribution >= 0.6 is 11.3 Å². The van der Waals surface area contributed by atoms with E-state index in [-0.39, 0.29) is 36.4 Å². The van der Waals surface area contributed by atoms with E-state index in [1.807, 2.05) is 114 Å². The number of amides is 2. The summed E-state index contributed by atoms with van der Waals surface area (Å²) in [6, 6.07) is 18.3. The van der Waals surface area contributed by atoms with Crippen LogP contribution in [0.2, 0.25) is 0 Å². The summed E-state index contributed by atoms with van der Waals surface area (Å²) in [5.74, 6) is 1.87. The summed E-state index contributed by atoms with van der Waals surface area (Å²) in [5, 5.41) is 38.8. The largest absolute Gasteiger partial charge is 0.507 e. The number of fused-ring (bicyclic) bond motifs is 1. The number of phenols is 1. The zero-order valence-electron chi connectivity index (χ0n) is 40.6. The third kappa shape index (κ3) is 8.89. The number of carbonyl (C=O) groups is 2. The molecular formula is C53H61N11O5S. The van der Waals surface area contributed by atoms with Crippen LogP contribution in [0.3, 0.4) is 0 Å². The average molecular weight is 964 g/mol. The minimum atomic E-state index is -1.15. The second kappa shape index (κ2) is 18.9. The van der Waals surface area contributed by atoms with E-state index in [1.54, 1.807) is 23.5 Å². The van der Waals surface area contributed by atoms with Crippen molar-refractivity contribution in [3.63, 3.8) is 0 Å². The molecule has 3 aliphatic heterocycles. The molecule has 4 N–H and O–H groups in total. The fourth-order valence-electron chi connectivity index (χ4n) is 10.6. The summed E-state index contributed by atoms with van der Waals surface area (Å²) in [4.78, 5) is 53.3. The van der Waals surface area contributed by atoms with Crippen LogP contribution in [0.25, 0.3) is 32.7 Å². The minimum Gasteiger partial charge on any atom is -0.507 e. The van der Waals surface area contributed by atoms with Crippen molar-refractivity contribution in [2.75, 3.05) is 42.5 Å². The van der Waals surface area contributed by atoms with Gasteiger partial charge in [0.05, 0.1) is 33.4 Å². The summed E-state index contributed by atoms with van der Waals surface area (Å²) >= 11 is 1.59. The third-order valence-electron chi connectivity index (χ3n) is 15.3. The number of aromatic hydroxyl groups is 1. The zero-order valence-corrected chi connectivity index (χ0v) is 41.4. The van der Waals surface area contributed by atoms with Gasteiger partial charge in [0.2, 0.25) is 17.8 Å². The zero-order chi connectivity index (χ0) is 48.9. The van der Waals surface area contributed by atoms with Gasteiger partial charge in [0.25, 0.3) is 0 Å². The summed E-state index contributed by atoms with van der Waals surface area (Å²) in [6.07, 6.45) is 8.96. The van der Waals surface area contributed by atoms with Crippen molar-refractivity contribution in [1.82, 2.24) is 45.5 Å². The molecule has 0 spiro atoms. The lowest BCUT2D eigenvalue weighted by Crippen LogP contribution is -2.55. The number of para-hydroxylation sites is 1. The first-order valence-electron chi connectivity index (χ1n) is 24.4. The Morgan fingerprint density at radius 1 is 0.900 bits per heavy atom. The molecular weight excluding hydrogens is 903 g/mol. The number of nitrogens with one attached hydrogen (secondary N) is 2. The molecule has 16 nitrogen and oxygen atoms in total. The number of aliphatic hydroxyl groups excluding tert-OH is 1. The molecule has 5 aromatic heterocycles. The monoisotopic (exact) mass is 963 g/mol. The number of aromatic amines is 1. The molecule has 8 heterocycles. The number of carbonyl (C=O) groups excluding carboxylic acids is 2. The number of H-pyrrole nitrogens is 1. The van der Waals surface area contributed by atoms with Gasteiger partial charge in [-0.1, -0.05) is 55.4 Å². The van der Waals surface area contributed by atoms with Crippen LogP contribution in [0.1, 0.15) is 107 Å². The number of thiazole rings is 1. The molecule has 70 heavy (non-hydrogen) atoms. The predicted octanol–water partition coefficient (Wildman–Crippen LogP) is 8.24.